The molecule has 0 radical (unpaired) electrons. The molecule has 0 amide bonds. The van der Waals surface area contributed by atoms with Gasteiger partial charge in [-0.15, -0.1) is 0 Å². The molecule has 0 saturated carbocycles. The molecule has 0 atom stereocenters. The number of hydrogen-bond donors (Lipinski definition) is 0. The van der Waals surface area contributed by atoms with Gasteiger partial charge in [-0.05, 0) is 30.4 Å². The zero-order valence-electron chi connectivity index (χ0n) is 15.1. The van der Waals surface area contributed by atoms with E-state index in [4.69, 9.17) is 21.3 Å². The van der Waals surface area contributed by atoms with Crippen LogP contribution in [0.5, 0.6) is 0 Å². The smallest absolute Gasteiger partial charge is 0.293 e. The predicted molar refractivity (Wildman–Crippen MR) is 112 cm³/mol. The van der Waals surface area contributed by atoms with Crippen LogP contribution in [0.1, 0.15) is 11.1 Å². The lowest BCUT2D eigenvalue weighted by molar-refractivity contribution is 0.122. The number of morpholine rings is 1. The summed E-state index contributed by atoms with van der Waals surface area (Å²) in [6.07, 6.45) is 1.92. The van der Waals surface area contributed by atoms with Crippen LogP contribution in [-0.2, 0) is 11.3 Å². The number of halogens is 1. The van der Waals surface area contributed by atoms with Crippen molar-refractivity contribution in [3.8, 4) is 0 Å². The van der Waals surface area contributed by atoms with Crippen LogP contribution in [0.4, 0.5) is 5.13 Å². The Kier molecular flexibility index (Phi) is 5.41. The zero-order chi connectivity index (χ0) is 19.0. The molecule has 1 aromatic carbocycles. The molecular formula is C18H19ClN4O2S2. The fraction of sp³-hybridized carbons (Fsp3) is 0.389. The van der Waals surface area contributed by atoms with E-state index >= 15 is 0 Å². The maximum atomic E-state index is 12.5. The largest absolute Gasteiger partial charge is 0.378 e. The molecule has 1 aliphatic heterocycles. The highest BCUT2D eigenvalue weighted by Crippen LogP contribution is 2.30. The summed E-state index contributed by atoms with van der Waals surface area (Å²) in [5, 5.41) is 2.24. The zero-order valence-corrected chi connectivity index (χ0v) is 17.5. The van der Waals surface area contributed by atoms with Gasteiger partial charge in [-0.3, -0.25) is 9.36 Å². The number of thioether (sulfide) groups is 1. The molecule has 0 spiro atoms. The Hall–Kier alpha value is -1.61. The van der Waals surface area contributed by atoms with Crippen molar-refractivity contribution in [3.05, 3.63) is 44.7 Å². The van der Waals surface area contributed by atoms with Crippen LogP contribution in [-0.4, -0.2) is 47.1 Å². The Bertz CT molecular complexity index is 1040. The van der Waals surface area contributed by atoms with Gasteiger partial charge in [-0.2, -0.15) is 4.98 Å². The van der Waals surface area contributed by atoms with Gasteiger partial charge >= 0.3 is 0 Å². The minimum absolute atomic E-state index is 0.217. The van der Waals surface area contributed by atoms with E-state index in [9.17, 15) is 4.79 Å². The normalized spacial score (nSPS) is 14.9. The van der Waals surface area contributed by atoms with Crippen molar-refractivity contribution in [1.82, 2.24) is 14.5 Å². The number of hydrogen-bond acceptors (Lipinski definition) is 7. The van der Waals surface area contributed by atoms with Crippen LogP contribution >= 0.6 is 34.7 Å². The van der Waals surface area contributed by atoms with Crippen molar-refractivity contribution in [2.45, 2.75) is 18.6 Å². The lowest BCUT2D eigenvalue weighted by Crippen LogP contribution is -2.36. The topological polar surface area (TPSA) is 60.3 Å². The van der Waals surface area contributed by atoms with E-state index < -0.39 is 0 Å². The van der Waals surface area contributed by atoms with Crippen LogP contribution in [0.2, 0.25) is 5.02 Å². The number of nitrogens with zero attached hydrogens (tertiary/aromatic N) is 4. The number of thiazole rings is 1. The van der Waals surface area contributed by atoms with Crippen molar-refractivity contribution in [2.75, 3.05) is 37.5 Å². The van der Waals surface area contributed by atoms with Crippen LogP contribution in [0.3, 0.4) is 0 Å². The van der Waals surface area contributed by atoms with Crippen molar-refractivity contribution in [2.24, 2.45) is 0 Å². The monoisotopic (exact) mass is 422 g/mol. The molecule has 9 heteroatoms. The molecule has 0 bridgehead atoms. The molecule has 1 saturated heterocycles. The van der Waals surface area contributed by atoms with E-state index in [1.807, 2.05) is 35.9 Å². The molecule has 0 aliphatic carbocycles. The fourth-order valence-electron chi connectivity index (χ4n) is 3.09. The maximum absolute atomic E-state index is 12.5. The molecule has 4 rings (SSSR count). The highest BCUT2D eigenvalue weighted by atomic mass is 35.5. The second kappa shape index (κ2) is 7.79. The molecule has 1 aliphatic rings. The van der Waals surface area contributed by atoms with Crippen molar-refractivity contribution < 1.29 is 4.74 Å². The Balaban J connectivity index is 1.84. The number of ether oxygens (including phenoxy) is 1. The molecular weight excluding hydrogens is 404 g/mol. The van der Waals surface area contributed by atoms with E-state index in [-0.39, 0.29) is 5.56 Å². The van der Waals surface area contributed by atoms with Crippen LogP contribution in [0.25, 0.3) is 10.3 Å². The summed E-state index contributed by atoms with van der Waals surface area (Å²) in [7, 11) is 0. The third-order valence-corrected chi connectivity index (χ3v) is 6.83. The Morgan fingerprint density at radius 1 is 1.30 bits per heavy atom. The predicted octanol–water partition coefficient (Wildman–Crippen LogP) is 3.42. The molecule has 3 heterocycles. The van der Waals surface area contributed by atoms with Gasteiger partial charge in [0.05, 0.1) is 19.8 Å². The van der Waals surface area contributed by atoms with Gasteiger partial charge in [0, 0.05) is 18.1 Å². The van der Waals surface area contributed by atoms with Gasteiger partial charge < -0.3 is 9.64 Å². The average molecular weight is 423 g/mol. The SMILES string of the molecule is CSc1nc(=O)c2sc(N3CCOCC3)nc2n1Cc1cccc(Cl)c1C. The first kappa shape index (κ1) is 18.7. The van der Waals surface area contributed by atoms with Gasteiger partial charge in [0.1, 0.15) is 4.70 Å². The number of benzene rings is 1. The molecule has 27 heavy (non-hydrogen) atoms. The maximum Gasteiger partial charge on any atom is 0.293 e. The summed E-state index contributed by atoms with van der Waals surface area (Å²) in [4.78, 5) is 23.8. The van der Waals surface area contributed by atoms with Crippen LogP contribution in [0, 0.1) is 6.92 Å². The molecule has 0 N–H and O–H groups in total. The molecule has 6 nitrogen and oxygen atoms in total. The summed E-state index contributed by atoms with van der Waals surface area (Å²) in [6.45, 7) is 5.49. The van der Waals surface area contributed by atoms with Gasteiger partial charge in [0.15, 0.2) is 15.9 Å². The van der Waals surface area contributed by atoms with Crippen molar-refractivity contribution in [3.63, 3.8) is 0 Å². The minimum atomic E-state index is -0.217. The molecule has 142 valence electrons. The highest BCUT2D eigenvalue weighted by molar-refractivity contribution is 7.98. The second-order valence-corrected chi connectivity index (χ2v) is 8.42. The Labute approximate surface area is 170 Å². The first-order valence-corrected chi connectivity index (χ1v) is 11.0. The van der Waals surface area contributed by atoms with Crippen LogP contribution < -0.4 is 10.5 Å². The lowest BCUT2D eigenvalue weighted by Gasteiger charge is -2.25. The second-order valence-electron chi connectivity index (χ2n) is 6.26. The Morgan fingerprint density at radius 2 is 2.07 bits per heavy atom. The molecule has 2 aromatic heterocycles. The quantitative estimate of drug-likeness (QED) is 0.474. The van der Waals surface area contributed by atoms with E-state index in [1.165, 1.54) is 23.1 Å². The number of anilines is 1. The summed E-state index contributed by atoms with van der Waals surface area (Å²) < 4.78 is 8.03. The van der Waals surface area contributed by atoms with Crippen molar-refractivity contribution in [1.29, 1.82) is 0 Å². The van der Waals surface area contributed by atoms with E-state index in [2.05, 4.69) is 9.88 Å². The lowest BCUT2D eigenvalue weighted by atomic mass is 10.1. The summed E-state index contributed by atoms with van der Waals surface area (Å²) in [5.41, 5.74) is 2.59. The first-order chi connectivity index (χ1) is 13.1. The molecule has 0 unspecified atom stereocenters. The van der Waals surface area contributed by atoms with Gasteiger partial charge in [-0.1, -0.05) is 46.8 Å². The number of fused-ring (bicyclic) bond motifs is 1. The summed E-state index contributed by atoms with van der Waals surface area (Å²) >= 11 is 9.15. The van der Waals surface area contributed by atoms with Crippen molar-refractivity contribution >= 4 is 50.2 Å². The summed E-state index contributed by atoms with van der Waals surface area (Å²) in [5.74, 6) is 0. The highest BCUT2D eigenvalue weighted by Gasteiger charge is 2.21. The molecule has 1 fully saturated rings. The first-order valence-electron chi connectivity index (χ1n) is 8.60. The van der Waals surface area contributed by atoms with E-state index in [0.29, 0.717) is 35.3 Å². The summed E-state index contributed by atoms with van der Waals surface area (Å²) in [6, 6.07) is 5.87. The van der Waals surface area contributed by atoms with E-state index in [0.717, 1.165) is 34.4 Å². The van der Waals surface area contributed by atoms with Crippen LogP contribution in [0.15, 0.2) is 28.2 Å². The number of aromatic nitrogens is 3. The minimum Gasteiger partial charge on any atom is -0.378 e. The third kappa shape index (κ3) is 3.59. The fourth-order valence-corrected chi connectivity index (χ4v) is 4.84. The Morgan fingerprint density at radius 3 is 2.81 bits per heavy atom. The standard InChI is InChI=1S/C18H19ClN4O2S2/c1-11-12(4-3-5-13(11)19)10-23-15-14(16(24)21-18(23)26-2)27-17(20-15)22-6-8-25-9-7-22/h3-5H,6-10H2,1-2H3. The van der Waals surface area contributed by atoms with Gasteiger partial charge in [0.2, 0.25) is 0 Å². The molecule has 3 aromatic rings. The van der Waals surface area contributed by atoms with Gasteiger partial charge in [0.25, 0.3) is 5.56 Å². The number of rotatable bonds is 4. The third-order valence-electron chi connectivity index (χ3n) is 4.65. The average Bonchev–Trinajstić information content (AvgIpc) is 3.14. The van der Waals surface area contributed by atoms with E-state index in [1.54, 1.807) is 0 Å². The van der Waals surface area contributed by atoms with Gasteiger partial charge in [-0.25, -0.2) is 4.98 Å².